The molecule has 0 aliphatic carbocycles. The predicted octanol–water partition coefficient (Wildman–Crippen LogP) is 0.910. The van der Waals surface area contributed by atoms with Gasteiger partial charge in [-0.2, -0.15) is 5.10 Å². The summed E-state index contributed by atoms with van der Waals surface area (Å²) in [5.74, 6) is -2.46. The molecule has 0 radical (unpaired) electrons. The van der Waals surface area contributed by atoms with Crippen molar-refractivity contribution in [1.82, 2.24) is 10.3 Å². The summed E-state index contributed by atoms with van der Waals surface area (Å²) in [6.07, 6.45) is 0.327. The molecule has 2 rings (SSSR count). The van der Waals surface area contributed by atoms with E-state index in [1.807, 2.05) is 0 Å². The highest BCUT2D eigenvalue weighted by molar-refractivity contribution is 6.39. The van der Waals surface area contributed by atoms with E-state index in [0.29, 0.717) is 5.56 Å². The lowest BCUT2D eigenvalue weighted by atomic mass is 10.1. The second-order valence-corrected chi connectivity index (χ2v) is 5.77. The number of hydrogen-bond donors (Lipinski definition) is 2. The first-order valence-corrected chi connectivity index (χ1v) is 8.05. The van der Waals surface area contributed by atoms with Gasteiger partial charge in [0.1, 0.15) is 17.6 Å². The molecule has 0 fully saturated rings. The first kappa shape index (κ1) is 19.5. The Morgan fingerprint density at radius 3 is 2.65 bits per heavy atom. The predicted molar refractivity (Wildman–Crippen MR) is 89.7 cm³/mol. The normalized spacial score (nSPS) is 15.4. The van der Waals surface area contributed by atoms with E-state index in [1.165, 1.54) is 31.4 Å². The van der Waals surface area contributed by atoms with Crippen LogP contribution in [-0.4, -0.2) is 53.4 Å². The number of nitrogens with one attached hydrogen (secondary N) is 1. The second kappa shape index (κ2) is 9.04. The van der Waals surface area contributed by atoms with Crippen LogP contribution in [0.15, 0.2) is 29.4 Å². The van der Waals surface area contributed by atoms with E-state index in [9.17, 15) is 18.8 Å². The third-order valence-electron chi connectivity index (χ3n) is 3.83. The minimum Gasteiger partial charge on any atom is -0.480 e. The molecule has 1 aromatic rings. The van der Waals surface area contributed by atoms with Gasteiger partial charge >= 0.3 is 5.97 Å². The van der Waals surface area contributed by atoms with Crippen molar-refractivity contribution < 1.29 is 28.6 Å². The number of carbonyl (C=O) groups excluding carboxylic acids is 2. The van der Waals surface area contributed by atoms with Crippen molar-refractivity contribution in [3.05, 3.63) is 35.6 Å². The quantitative estimate of drug-likeness (QED) is 0.712. The summed E-state index contributed by atoms with van der Waals surface area (Å²) in [6.45, 7) is 0.279. The number of methoxy groups -OCH3 is 1. The average molecular weight is 365 g/mol. The molecule has 1 aromatic carbocycles. The molecule has 2 amide bonds. The molecule has 0 saturated heterocycles. The highest BCUT2D eigenvalue weighted by Gasteiger charge is 2.27. The lowest BCUT2D eigenvalue weighted by Gasteiger charge is -2.24. The number of ether oxygens (including phenoxy) is 1. The van der Waals surface area contributed by atoms with Crippen LogP contribution < -0.4 is 5.32 Å². The SMILES string of the molecule is COCCC(NC(=O)C1=NN(Cc2ccc(F)cc2)C(=O)CC1)C(=O)O. The number of rotatable bonds is 8. The van der Waals surface area contributed by atoms with Crippen molar-refractivity contribution in [3.63, 3.8) is 0 Å². The van der Waals surface area contributed by atoms with E-state index >= 15 is 0 Å². The Balaban J connectivity index is 2.07. The molecule has 8 nitrogen and oxygen atoms in total. The lowest BCUT2D eigenvalue weighted by molar-refractivity contribution is -0.141. The zero-order chi connectivity index (χ0) is 19.1. The first-order chi connectivity index (χ1) is 12.4. The molecule has 1 unspecified atom stereocenters. The van der Waals surface area contributed by atoms with Gasteiger partial charge in [-0.15, -0.1) is 0 Å². The standard InChI is InChI=1S/C17H20FN3O5/c1-26-9-8-14(17(24)25)19-16(23)13-6-7-15(22)21(20-13)10-11-2-4-12(18)5-3-11/h2-5,14H,6-10H2,1H3,(H,19,23)(H,24,25). The first-order valence-electron chi connectivity index (χ1n) is 8.05. The third-order valence-corrected chi connectivity index (χ3v) is 3.83. The summed E-state index contributed by atoms with van der Waals surface area (Å²) in [7, 11) is 1.44. The van der Waals surface area contributed by atoms with Crippen molar-refractivity contribution in [1.29, 1.82) is 0 Å². The summed E-state index contributed by atoms with van der Waals surface area (Å²) in [6, 6.07) is 4.49. The number of carboxylic acid groups (broad SMARTS) is 1. The Bertz CT molecular complexity index is 705. The molecule has 0 saturated carbocycles. The number of nitrogens with zero attached hydrogens (tertiary/aromatic N) is 2. The van der Waals surface area contributed by atoms with Crippen molar-refractivity contribution >= 4 is 23.5 Å². The van der Waals surface area contributed by atoms with Gasteiger partial charge in [0.05, 0.1) is 6.54 Å². The van der Waals surface area contributed by atoms with Gasteiger partial charge < -0.3 is 15.2 Å². The van der Waals surface area contributed by atoms with Crippen LogP contribution in [0.3, 0.4) is 0 Å². The van der Waals surface area contributed by atoms with Gasteiger partial charge in [-0.1, -0.05) is 12.1 Å². The van der Waals surface area contributed by atoms with Crippen LogP contribution in [0.5, 0.6) is 0 Å². The fourth-order valence-corrected chi connectivity index (χ4v) is 2.39. The van der Waals surface area contributed by atoms with Crippen LogP contribution in [0.25, 0.3) is 0 Å². The van der Waals surface area contributed by atoms with Gasteiger partial charge in [-0.3, -0.25) is 9.59 Å². The van der Waals surface area contributed by atoms with Gasteiger partial charge in [-0.05, 0) is 17.7 Å². The average Bonchev–Trinajstić information content (AvgIpc) is 2.61. The smallest absolute Gasteiger partial charge is 0.326 e. The number of amides is 2. The highest BCUT2D eigenvalue weighted by atomic mass is 19.1. The zero-order valence-corrected chi connectivity index (χ0v) is 14.3. The Kier molecular flexibility index (Phi) is 6.79. The largest absolute Gasteiger partial charge is 0.480 e. The topological polar surface area (TPSA) is 108 Å². The number of carboxylic acids is 1. The van der Waals surface area contributed by atoms with Crippen molar-refractivity contribution in [2.24, 2.45) is 5.10 Å². The van der Waals surface area contributed by atoms with Crippen LogP contribution >= 0.6 is 0 Å². The van der Waals surface area contributed by atoms with Crippen molar-refractivity contribution in [2.75, 3.05) is 13.7 Å². The number of benzene rings is 1. The van der Waals surface area contributed by atoms with E-state index in [4.69, 9.17) is 9.84 Å². The Hall–Kier alpha value is -2.81. The molecular formula is C17H20FN3O5. The molecule has 140 valence electrons. The maximum Gasteiger partial charge on any atom is 0.326 e. The maximum atomic E-state index is 13.0. The third kappa shape index (κ3) is 5.35. The molecule has 0 aromatic heterocycles. The summed E-state index contributed by atoms with van der Waals surface area (Å²) < 4.78 is 17.8. The number of carbonyl (C=O) groups is 3. The van der Waals surface area contributed by atoms with Crippen LogP contribution in [0.1, 0.15) is 24.8 Å². The fraction of sp³-hybridized carbons (Fsp3) is 0.412. The highest BCUT2D eigenvalue weighted by Crippen LogP contribution is 2.14. The molecule has 26 heavy (non-hydrogen) atoms. The molecular weight excluding hydrogens is 345 g/mol. The molecule has 9 heteroatoms. The van der Waals surface area contributed by atoms with Crippen LogP contribution in [0, 0.1) is 5.82 Å². The van der Waals surface area contributed by atoms with Gasteiger partial charge in [0.25, 0.3) is 5.91 Å². The maximum absolute atomic E-state index is 13.0. The summed E-state index contributed by atoms with van der Waals surface area (Å²) in [5, 5.41) is 16.7. The molecule has 1 atom stereocenters. The molecule has 0 spiro atoms. The van der Waals surface area contributed by atoms with Crippen molar-refractivity contribution in [3.8, 4) is 0 Å². The van der Waals surface area contributed by atoms with Gasteiger partial charge in [0.2, 0.25) is 5.91 Å². The number of aliphatic carboxylic acids is 1. The van der Waals surface area contributed by atoms with Gasteiger partial charge in [0.15, 0.2) is 0 Å². The van der Waals surface area contributed by atoms with E-state index in [1.54, 1.807) is 0 Å². The number of halogens is 1. The molecule has 0 bridgehead atoms. The van der Waals surface area contributed by atoms with Crippen LogP contribution in [0.4, 0.5) is 4.39 Å². The monoisotopic (exact) mass is 365 g/mol. The Morgan fingerprint density at radius 1 is 1.35 bits per heavy atom. The Labute approximate surface area is 149 Å². The van der Waals surface area contributed by atoms with Gasteiger partial charge in [0, 0.05) is 33.0 Å². The Morgan fingerprint density at radius 2 is 2.04 bits per heavy atom. The molecule has 1 aliphatic heterocycles. The number of hydrazone groups is 1. The lowest BCUT2D eigenvalue weighted by Crippen LogP contribution is -2.46. The zero-order valence-electron chi connectivity index (χ0n) is 14.3. The molecule has 1 heterocycles. The van der Waals surface area contributed by atoms with Crippen LogP contribution in [0.2, 0.25) is 0 Å². The summed E-state index contributed by atoms with van der Waals surface area (Å²) in [5.41, 5.74) is 0.740. The van der Waals surface area contributed by atoms with E-state index in [-0.39, 0.29) is 44.0 Å². The minimum absolute atomic E-state index is 0.0791. The fourth-order valence-electron chi connectivity index (χ4n) is 2.39. The van der Waals surface area contributed by atoms with Crippen molar-refractivity contribution in [2.45, 2.75) is 31.8 Å². The molecule has 2 N–H and O–H groups in total. The van der Waals surface area contributed by atoms with E-state index < -0.39 is 23.7 Å². The van der Waals surface area contributed by atoms with E-state index in [2.05, 4.69) is 10.4 Å². The van der Waals surface area contributed by atoms with E-state index in [0.717, 1.165) is 5.01 Å². The van der Waals surface area contributed by atoms with Gasteiger partial charge in [-0.25, -0.2) is 14.2 Å². The summed E-state index contributed by atoms with van der Waals surface area (Å²) >= 11 is 0. The minimum atomic E-state index is -1.17. The van der Waals surface area contributed by atoms with Crippen LogP contribution in [-0.2, 0) is 25.7 Å². The molecule has 1 aliphatic rings. The summed E-state index contributed by atoms with van der Waals surface area (Å²) in [4.78, 5) is 35.5. The number of hydrogen-bond acceptors (Lipinski definition) is 5. The second-order valence-electron chi connectivity index (χ2n) is 5.77.